The van der Waals surface area contributed by atoms with Gasteiger partial charge in [0.1, 0.15) is 0 Å². The maximum Gasteiger partial charge on any atom is 0.220 e. The molecule has 0 aromatic carbocycles. The van der Waals surface area contributed by atoms with Crippen molar-refractivity contribution < 1.29 is 15.0 Å². The Labute approximate surface area is 298 Å². The van der Waals surface area contributed by atoms with Crippen molar-refractivity contribution in [3.63, 3.8) is 0 Å². The fourth-order valence-electron chi connectivity index (χ4n) is 5.82. The Hall–Kier alpha value is -1.91. The van der Waals surface area contributed by atoms with Gasteiger partial charge in [0.25, 0.3) is 0 Å². The zero-order valence-electron chi connectivity index (χ0n) is 31.7. The summed E-state index contributed by atoms with van der Waals surface area (Å²) in [6.45, 7) is 4.31. The summed E-state index contributed by atoms with van der Waals surface area (Å²) in [5.74, 6) is -0.0970. The van der Waals surface area contributed by atoms with Gasteiger partial charge in [-0.2, -0.15) is 0 Å². The lowest BCUT2D eigenvalue weighted by Gasteiger charge is -2.22. The highest BCUT2D eigenvalue weighted by molar-refractivity contribution is 5.76. The second kappa shape index (κ2) is 39.5. The van der Waals surface area contributed by atoms with E-state index in [0.29, 0.717) is 12.8 Å². The van der Waals surface area contributed by atoms with Crippen molar-refractivity contribution in [2.24, 2.45) is 0 Å². The molecule has 0 saturated carbocycles. The van der Waals surface area contributed by atoms with Gasteiger partial charge < -0.3 is 15.5 Å². The van der Waals surface area contributed by atoms with E-state index in [0.717, 1.165) is 51.4 Å². The lowest BCUT2D eigenvalue weighted by atomic mass is 10.0. The zero-order chi connectivity index (χ0) is 35.0. The SMILES string of the molecule is CCCCCCCCC/C=C/C/C=C/C/C=C/C/C=C/CCCC(=O)N[C@@H](CO)[C@H](O)CCCC/C=C/CCCCCCCCCCC. The number of nitrogens with one attached hydrogen (secondary N) is 1. The molecule has 4 nitrogen and oxygen atoms in total. The Morgan fingerprint density at radius 2 is 0.854 bits per heavy atom. The molecule has 0 spiro atoms. The van der Waals surface area contributed by atoms with E-state index < -0.39 is 12.1 Å². The van der Waals surface area contributed by atoms with Crippen molar-refractivity contribution in [3.8, 4) is 0 Å². The third-order valence-electron chi connectivity index (χ3n) is 9.00. The molecule has 0 heterocycles. The fourth-order valence-corrected chi connectivity index (χ4v) is 5.82. The van der Waals surface area contributed by atoms with Crippen molar-refractivity contribution in [2.75, 3.05) is 6.61 Å². The van der Waals surface area contributed by atoms with Gasteiger partial charge in [-0.3, -0.25) is 4.79 Å². The summed E-state index contributed by atoms with van der Waals surface area (Å²) < 4.78 is 0. The van der Waals surface area contributed by atoms with E-state index in [4.69, 9.17) is 0 Å². The highest BCUT2D eigenvalue weighted by Gasteiger charge is 2.19. The van der Waals surface area contributed by atoms with Crippen LogP contribution in [0.3, 0.4) is 0 Å². The summed E-state index contributed by atoms with van der Waals surface area (Å²) in [6.07, 6.45) is 54.3. The molecule has 0 aromatic heterocycles. The van der Waals surface area contributed by atoms with Crippen LogP contribution in [0.1, 0.15) is 194 Å². The van der Waals surface area contributed by atoms with Crippen LogP contribution < -0.4 is 5.32 Å². The number of carbonyl (C=O) groups excluding carboxylic acids is 1. The van der Waals surface area contributed by atoms with Crippen molar-refractivity contribution in [2.45, 2.75) is 206 Å². The Kier molecular flexibility index (Phi) is 38.0. The smallest absolute Gasteiger partial charge is 0.220 e. The first kappa shape index (κ1) is 46.1. The quantitative estimate of drug-likeness (QED) is 0.0459. The maximum atomic E-state index is 12.3. The van der Waals surface area contributed by atoms with Gasteiger partial charge in [0.2, 0.25) is 5.91 Å². The van der Waals surface area contributed by atoms with E-state index in [1.165, 1.54) is 116 Å². The Bertz CT molecular complexity index is 812. The molecule has 0 aliphatic rings. The first-order valence-electron chi connectivity index (χ1n) is 20.5. The van der Waals surface area contributed by atoms with E-state index in [9.17, 15) is 15.0 Å². The number of aliphatic hydroxyl groups is 2. The van der Waals surface area contributed by atoms with E-state index in [-0.39, 0.29) is 12.5 Å². The average Bonchev–Trinajstić information content (AvgIpc) is 3.09. The van der Waals surface area contributed by atoms with Crippen LogP contribution in [0.2, 0.25) is 0 Å². The molecule has 48 heavy (non-hydrogen) atoms. The molecule has 0 unspecified atom stereocenters. The van der Waals surface area contributed by atoms with Crippen LogP contribution in [-0.4, -0.2) is 34.9 Å². The fraction of sp³-hybridized carbons (Fsp3) is 0.750. The van der Waals surface area contributed by atoms with Crippen LogP contribution in [0.4, 0.5) is 0 Å². The largest absolute Gasteiger partial charge is 0.394 e. The molecular weight excluding hydrogens is 590 g/mol. The van der Waals surface area contributed by atoms with Gasteiger partial charge in [0.15, 0.2) is 0 Å². The number of hydrogen-bond donors (Lipinski definition) is 3. The predicted octanol–water partition coefficient (Wildman–Crippen LogP) is 12.6. The van der Waals surface area contributed by atoms with Crippen LogP contribution in [0, 0.1) is 0 Å². The monoisotopic (exact) mass is 670 g/mol. The van der Waals surface area contributed by atoms with E-state index >= 15 is 0 Å². The average molecular weight is 670 g/mol. The van der Waals surface area contributed by atoms with Gasteiger partial charge in [0, 0.05) is 6.42 Å². The van der Waals surface area contributed by atoms with Gasteiger partial charge in [0.05, 0.1) is 18.8 Å². The first-order valence-corrected chi connectivity index (χ1v) is 20.5. The standard InChI is InChI=1S/C44H79NO3/c1-3-5-7-9-11-13-15-17-19-20-21-22-23-24-26-28-30-32-34-36-38-40-44(48)45-42(41-46)43(47)39-37-35-33-31-29-27-25-18-16-14-12-10-8-6-4-2/h19-20,22-23,26,28-29,31-32,34,42-43,46-47H,3-18,21,24-25,27,30,33,35-41H2,1-2H3,(H,45,48)/b20-19+,23-22+,28-26+,31-29+,34-32+/t42-,43+/m0/s1. The molecule has 0 fully saturated rings. The summed E-state index contributed by atoms with van der Waals surface area (Å²) in [7, 11) is 0. The van der Waals surface area contributed by atoms with Crippen LogP contribution in [-0.2, 0) is 4.79 Å². The van der Waals surface area contributed by atoms with Gasteiger partial charge in [-0.15, -0.1) is 0 Å². The maximum absolute atomic E-state index is 12.3. The number of amides is 1. The zero-order valence-corrected chi connectivity index (χ0v) is 31.7. The minimum atomic E-state index is -0.706. The molecular formula is C44H79NO3. The highest BCUT2D eigenvalue weighted by Crippen LogP contribution is 2.12. The summed E-state index contributed by atoms with van der Waals surface area (Å²) in [5.41, 5.74) is 0. The summed E-state index contributed by atoms with van der Waals surface area (Å²) in [5, 5.41) is 23.0. The van der Waals surface area contributed by atoms with Crippen LogP contribution >= 0.6 is 0 Å². The number of hydrogen-bond acceptors (Lipinski definition) is 3. The third kappa shape index (κ3) is 35.4. The van der Waals surface area contributed by atoms with Gasteiger partial charge in [-0.05, 0) is 77.0 Å². The molecule has 4 heteroatoms. The normalized spacial score (nSPS) is 13.7. The summed E-state index contributed by atoms with van der Waals surface area (Å²) in [6, 6.07) is -0.583. The van der Waals surface area contributed by atoms with Gasteiger partial charge in [-0.25, -0.2) is 0 Å². The number of allylic oxidation sites excluding steroid dienone is 10. The second-order valence-electron chi connectivity index (χ2n) is 13.7. The predicted molar refractivity (Wildman–Crippen MR) is 211 cm³/mol. The number of rotatable bonds is 36. The van der Waals surface area contributed by atoms with Crippen molar-refractivity contribution in [3.05, 3.63) is 60.8 Å². The Morgan fingerprint density at radius 1 is 0.500 bits per heavy atom. The number of unbranched alkanes of at least 4 members (excludes halogenated alkanes) is 19. The van der Waals surface area contributed by atoms with Crippen molar-refractivity contribution >= 4 is 5.91 Å². The lowest BCUT2D eigenvalue weighted by molar-refractivity contribution is -0.123. The molecule has 0 radical (unpaired) electrons. The van der Waals surface area contributed by atoms with Gasteiger partial charge in [-0.1, -0.05) is 171 Å². The molecule has 0 aromatic rings. The second-order valence-corrected chi connectivity index (χ2v) is 13.7. The minimum Gasteiger partial charge on any atom is -0.394 e. The van der Waals surface area contributed by atoms with E-state index in [1.807, 2.05) is 0 Å². The Morgan fingerprint density at radius 3 is 1.29 bits per heavy atom. The van der Waals surface area contributed by atoms with Crippen LogP contribution in [0.25, 0.3) is 0 Å². The first-order chi connectivity index (χ1) is 23.7. The number of carbonyl (C=O) groups is 1. The van der Waals surface area contributed by atoms with E-state index in [1.54, 1.807) is 0 Å². The molecule has 0 aliphatic heterocycles. The van der Waals surface area contributed by atoms with Crippen LogP contribution in [0.5, 0.6) is 0 Å². The molecule has 1 amide bonds. The highest BCUT2D eigenvalue weighted by atomic mass is 16.3. The molecule has 0 aliphatic carbocycles. The number of aliphatic hydroxyl groups excluding tert-OH is 2. The minimum absolute atomic E-state index is 0.0970. The molecule has 3 N–H and O–H groups in total. The molecule has 0 saturated heterocycles. The molecule has 278 valence electrons. The van der Waals surface area contributed by atoms with Crippen LogP contribution in [0.15, 0.2) is 60.8 Å². The lowest BCUT2D eigenvalue weighted by Crippen LogP contribution is -2.45. The third-order valence-corrected chi connectivity index (χ3v) is 9.00. The van der Waals surface area contributed by atoms with Crippen molar-refractivity contribution in [1.82, 2.24) is 5.32 Å². The summed E-state index contributed by atoms with van der Waals surface area (Å²) >= 11 is 0. The van der Waals surface area contributed by atoms with Gasteiger partial charge >= 0.3 is 0 Å². The molecule has 0 rings (SSSR count). The molecule has 0 bridgehead atoms. The summed E-state index contributed by atoms with van der Waals surface area (Å²) in [4.78, 5) is 12.3. The van der Waals surface area contributed by atoms with E-state index in [2.05, 4.69) is 79.9 Å². The topological polar surface area (TPSA) is 69.6 Å². The molecule has 2 atom stereocenters. The Balaban J connectivity index is 3.72. The van der Waals surface area contributed by atoms with Crippen molar-refractivity contribution in [1.29, 1.82) is 0 Å².